The summed E-state index contributed by atoms with van der Waals surface area (Å²) in [7, 11) is 1.41. The summed E-state index contributed by atoms with van der Waals surface area (Å²) in [5, 5.41) is 15.6. The van der Waals surface area contributed by atoms with Crippen LogP contribution in [0.5, 0.6) is 11.5 Å². The Balaban J connectivity index is 0.000000558. The Morgan fingerprint density at radius 3 is 2.61 bits per heavy atom. The molecule has 1 aromatic heterocycles. The largest absolute Gasteiger partial charge is 0.493 e. The number of esters is 2. The Labute approximate surface area is 219 Å². The molecule has 0 spiro atoms. The normalized spacial score (nSPS) is 10.2. The number of carbonyl (C=O) groups excluding carboxylic acids is 2. The zero-order valence-electron chi connectivity index (χ0n) is 18.6. The lowest BCUT2D eigenvalue weighted by Gasteiger charge is -2.10. The van der Waals surface area contributed by atoms with Crippen molar-refractivity contribution < 1.29 is 33.7 Å². The molecule has 0 aliphatic carbocycles. The van der Waals surface area contributed by atoms with Gasteiger partial charge < -0.3 is 24.8 Å². The van der Waals surface area contributed by atoms with Crippen LogP contribution >= 0.6 is 36.2 Å². The standard InChI is InChI=1S/C19H17NO8S.C2H3N3S2/c1-25-17-11-13(6-8-18(21)26-9-10-27-20(23)24)5-7-16(17)28-19(22)14-3-2-4-15(29)12-14;3-1-4-5-2(6)7-1/h2-8,11-12,29H,9-10H2,1H3;(H2,3,4)(H,5,6)/b8-6+;. The van der Waals surface area contributed by atoms with Gasteiger partial charge in [0.2, 0.25) is 5.13 Å². The molecule has 1 heterocycles. The second-order valence-electron chi connectivity index (χ2n) is 6.36. The number of nitrogens with one attached hydrogen (secondary N) is 1. The van der Waals surface area contributed by atoms with E-state index in [1.54, 1.807) is 36.4 Å². The van der Waals surface area contributed by atoms with E-state index in [1.165, 1.54) is 30.6 Å². The van der Waals surface area contributed by atoms with Crippen LogP contribution in [-0.2, 0) is 14.4 Å². The second-order valence-corrected chi connectivity index (χ2v) is 8.57. The zero-order valence-corrected chi connectivity index (χ0v) is 21.1. The van der Waals surface area contributed by atoms with E-state index < -0.39 is 17.0 Å². The Bertz CT molecular complexity index is 1290. The van der Waals surface area contributed by atoms with Crippen LogP contribution in [-0.4, -0.2) is 47.5 Å². The maximum absolute atomic E-state index is 12.3. The summed E-state index contributed by atoms with van der Waals surface area (Å²) in [5.74, 6) is -0.768. The van der Waals surface area contributed by atoms with Gasteiger partial charge in [-0.15, -0.1) is 27.8 Å². The Hall–Kier alpha value is -3.95. The highest BCUT2D eigenvalue weighted by atomic mass is 32.1. The van der Waals surface area contributed by atoms with Crippen molar-refractivity contribution in [2.24, 2.45) is 0 Å². The minimum absolute atomic E-state index is 0.207. The highest BCUT2D eigenvalue weighted by Gasteiger charge is 2.13. The van der Waals surface area contributed by atoms with Crippen LogP contribution < -0.4 is 15.2 Å². The first-order chi connectivity index (χ1) is 17.2. The summed E-state index contributed by atoms with van der Waals surface area (Å²) in [6.07, 6.45) is 2.60. The Kier molecular flexibility index (Phi) is 11.4. The molecular weight excluding hydrogens is 532 g/mol. The van der Waals surface area contributed by atoms with Crippen molar-refractivity contribution >= 4 is 59.3 Å². The molecule has 0 unspecified atom stereocenters. The number of benzene rings is 2. The summed E-state index contributed by atoms with van der Waals surface area (Å²) in [6, 6.07) is 11.3. The minimum atomic E-state index is -0.973. The quantitative estimate of drug-likeness (QED) is 0.0516. The molecule has 0 atom stereocenters. The molecule has 190 valence electrons. The van der Waals surface area contributed by atoms with E-state index in [2.05, 4.69) is 39.9 Å². The predicted molar refractivity (Wildman–Crippen MR) is 136 cm³/mol. The smallest absolute Gasteiger partial charge is 0.343 e. The number of aromatic nitrogens is 2. The summed E-state index contributed by atoms with van der Waals surface area (Å²) in [4.78, 5) is 38.5. The number of H-pyrrole nitrogens is 1. The molecule has 0 aliphatic rings. The number of aromatic amines is 1. The van der Waals surface area contributed by atoms with Crippen molar-refractivity contribution in [3.05, 3.63) is 73.7 Å². The third kappa shape index (κ3) is 10.1. The van der Waals surface area contributed by atoms with E-state index in [4.69, 9.17) is 19.9 Å². The molecule has 0 bridgehead atoms. The molecule has 0 aliphatic heterocycles. The van der Waals surface area contributed by atoms with Gasteiger partial charge in [0, 0.05) is 11.0 Å². The number of ether oxygens (including phenoxy) is 3. The molecule has 0 fully saturated rings. The average molecular weight is 553 g/mol. The number of methoxy groups -OCH3 is 1. The van der Waals surface area contributed by atoms with Crippen LogP contribution in [0.1, 0.15) is 15.9 Å². The molecule has 3 rings (SSSR count). The third-order valence-electron chi connectivity index (χ3n) is 3.86. The topological polar surface area (TPSA) is 169 Å². The molecule has 12 nitrogen and oxygen atoms in total. The molecule has 0 radical (unpaired) electrons. The van der Waals surface area contributed by atoms with Crippen LogP contribution in [0.2, 0.25) is 0 Å². The third-order valence-corrected chi connectivity index (χ3v) is 5.06. The number of rotatable bonds is 9. The van der Waals surface area contributed by atoms with E-state index in [9.17, 15) is 19.7 Å². The van der Waals surface area contributed by atoms with Gasteiger partial charge in [-0.1, -0.05) is 23.5 Å². The molecule has 0 saturated heterocycles. The van der Waals surface area contributed by atoms with Gasteiger partial charge in [-0.3, -0.25) is 5.10 Å². The highest BCUT2D eigenvalue weighted by molar-refractivity contribution is 7.80. The lowest BCUT2D eigenvalue weighted by molar-refractivity contribution is -0.757. The van der Waals surface area contributed by atoms with Gasteiger partial charge in [-0.2, -0.15) is 0 Å². The van der Waals surface area contributed by atoms with Crippen LogP contribution in [0, 0.1) is 14.1 Å². The molecule has 3 aromatic rings. The SMILES string of the molecule is COc1cc(/C=C/C(=O)OCCO[N+](=O)[O-])ccc1OC(=O)c1cccc(S)c1.Nc1n[nH]c(=S)s1. The van der Waals surface area contributed by atoms with Gasteiger partial charge in [0.25, 0.3) is 5.09 Å². The van der Waals surface area contributed by atoms with Gasteiger partial charge in [-0.25, -0.2) is 9.59 Å². The first-order valence-electron chi connectivity index (χ1n) is 9.80. The molecule has 36 heavy (non-hydrogen) atoms. The summed E-state index contributed by atoms with van der Waals surface area (Å²) >= 11 is 10.1. The predicted octanol–water partition coefficient (Wildman–Crippen LogP) is 3.75. The number of nitrogens with zero attached hydrogens (tertiary/aromatic N) is 2. The van der Waals surface area contributed by atoms with Crippen molar-refractivity contribution in [1.82, 2.24) is 10.2 Å². The summed E-state index contributed by atoms with van der Waals surface area (Å²) < 4.78 is 16.0. The van der Waals surface area contributed by atoms with Crippen LogP contribution in [0.4, 0.5) is 5.13 Å². The highest BCUT2D eigenvalue weighted by Crippen LogP contribution is 2.29. The molecule has 0 amide bonds. The van der Waals surface area contributed by atoms with E-state index in [1.807, 2.05) is 0 Å². The number of nitrogen functional groups attached to an aromatic ring is 1. The van der Waals surface area contributed by atoms with Gasteiger partial charge >= 0.3 is 11.9 Å². The average Bonchev–Trinajstić information content (AvgIpc) is 3.23. The maximum atomic E-state index is 12.3. The van der Waals surface area contributed by atoms with Crippen molar-refractivity contribution in [2.45, 2.75) is 4.90 Å². The second kappa shape index (κ2) is 14.4. The zero-order chi connectivity index (χ0) is 26.5. The maximum Gasteiger partial charge on any atom is 0.343 e. The first-order valence-corrected chi connectivity index (χ1v) is 11.5. The number of thiol groups is 1. The molecule has 0 saturated carbocycles. The van der Waals surface area contributed by atoms with Crippen molar-refractivity contribution in [1.29, 1.82) is 0 Å². The van der Waals surface area contributed by atoms with Crippen molar-refractivity contribution in [3.8, 4) is 11.5 Å². The van der Waals surface area contributed by atoms with E-state index in [-0.39, 0.29) is 24.7 Å². The Morgan fingerprint density at radius 2 is 2.03 bits per heavy atom. The van der Waals surface area contributed by atoms with Gasteiger partial charge in [0.05, 0.1) is 12.7 Å². The minimum Gasteiger partial charge on any atom is -0.493 e. The number of hydrogen-bond donors (Lipinski definition) is 3. The monoisotopic (exact) mass is 552 g/mol. The fraction of sp³-hybridized carbons (Fsp3) is 0.143. The molecule has 15 heteroatoms. The van der Waals surface area contributed by atoms with Gasteiger partial charge in [0.15, 0.2) is 15.5 Å². The van der Waals surface area contributed by atoms with Crippen LogP contribution in [0.15, 0.2) is 53.4 Å². The summed E-state index contributed by atoms with van der Waals surface area (Å²) in [5.41, 5.74) is 6.11. The van der Waals surface area contributed by atoms with Gasteiger partial charge in [-0.05, 0) is 54.2 Å². The number of anilines is 1. The van der Waals surface area contributed by atoms with E-state index >= 15 is 0 Å². The fourth-order valence-corrected chi connectivity index (χ4v) is 3.27. The molecular formula is C21H20N4O8S3. The lowest BCUT2D eigenvalue weighted by atomic mass is 10.2. The van der Waals surface area contributed by atoms with E-state index in [0.717, 1.165) is 6.08 Å². The number of carbonyl (C=O) groups is 2. The van der Waals surface area contributed by atoms with Gasteiger partial charge in [0.1, 0.15) is 13.2 Å². The number of hydrogen-bond acceptors (Lipinski definition) is 13. The lowest BCUT2D eigenvalue weighted by Crippen LogP contribution is -2.11. The van der Waals surface area contributed by atoms with Crippen LogP contribution in [0.3, 0.4) is 0 Å². The van der Waals surface area contributed by atoms with E-state index in [0.29, 0.717) is 25.1 Å². The van der Waals surface area contributed by atoms with Crippen molar-refractivity contribution in [2.75, 3.05) is 26.1 Å². The molecule has 3 N–H and O–H groups in total. The van der Waals surface area contributed by atoms with Crippen LogP contribution in [0.25, 0.3) is 6.08 Å². The fourth-order valence-electron chi connectivity index (χ4n) is 2.37. The molecule has 2 aromatic carbocycles. The first kappa shape index (κ1) is 28.3. The Morgan fingerprint density at radius 1 is 1.25 bits per heavy atom. The summed E-state index contributed by atoms with van der Waals surface area (Å²) in [6.45, 7) is -0.605. The van der Waals surface area contributed by atoms with Crippen molar-refractivity contribution in [3.63, 3.8) is 0 Å². The number of nitrogens with two attached hydrogens (primary N) is 1.